The SMILES string of the molecule is CCN(CC)C(=O)Nc1ccc2ncccc2c1. The zero-order chi connectivity index (χ0) is 13.0. The van der Waals surface area contributed by atoms with Crippen molar-refractivity contribution >= 4 is 22.6 Å². The molecule has 0 saturated carbocycles. The Hall–Kier alpha value is -2.10. The Labute approximate surface area is 107 Å². The molecule has 0 unspecified atom stereocenters. The van der Waals surface area contributed by atoms with Crippen LogP contribution < -0.4 is 5.32 Å². The summed E-state index contributed by atoms with van der Waals surface area (Å²) < 4.78 is 0. The summed E-state index contributed by atoms with van der Waals surface area (Å²) in [6.07, 6.45) is 1.76. The fraction of sp³-hybridized carbons (Fsp3) is 0.286. The van der Waals surface area contributed by atoms with E-state index in [-0.39, 0.29) is 6.03 Å². The molecule has 94 valence electrons. The van der Waals surface area contributed by atoms with Crippen molar-refractivity contribution in [3.63, 3.8) is 0 Å². The number of amides is 2. The Balaban J connectivity index is 2.19. The van der Waals surface area contributed by atoms with Crippen molar-refractivity contribution < 1.29 is 4.79 Å². The van der Waals surface area contributed by atoms with Gasteiger partial charge in [-0.3, -0.25) is 4.98 Å². The fourth-order valence-corrected chi connectivity index (χ4v) is 1.87. The van der Waals surface area contributed by atoms with Gasteiger partial charge in [0.15, 0.2) is 0 Å². The molecule has 2 rings (SSSR count). The van der Waals surface area contributed by atoms with Crippen molar-refractivity contribution in [2.24, 2.45) is 0 Å². The number of carbonyl (C=O) groups excluding carboxylic acids is 1. The largest absolute Gasteiger partial charge is 0.325 e. The van der Waals surface area contributed by atoms with Gasteiger partial charge < -0.3 is 10.2 Å². The van der Waals surface area contributed by atoms with Crippen LogP contribution in [0.2, 0.25) is 0 Å². The lowest BCUT2D eigenvalue weighted by atomic mass is 10.2. The van der Waals surface area contributed by atoms with Crippen molar-refractivity contribution in [2.45, 2.75) is 13.8 Å². The van der Waals surface area contributed by atoms with Crippen LogP contribution in [-0.2, 0) is 0 Å². The van der Waals surface area contributed by atoms with Gasteiger partial charge in [-0.1, -0.05) is 6.07 Å². The van der Waals surface area contributed by atoms with Gasteiger partial charge in [-0.15, -0.1) is 0 Å². The molecule has 0 aliphatic carbocycles. The minimum atomic E-state index is -0.0664. The van der Waals surface area contributed by atoms with E-state index in [9.17, 15) is 4.79 Å². The maximum absolute atomic E-state index is 11.9. The van der Waals surface area contributed by atoms with Crippen LogP contribution in [0.25, 0.3) is 10.9 Å². The van der Waals surface area contributed by atoms with Crippen molar-refractivity contribution in [3.05, 3.63) is 36.5 Å². The van der Waals surface area contributed by atoms with Gasteiger partial charge in [-0.05, 0) is 38.1 Å². The molecule has 2 aromatic rings. The zero-order valence-corrected chi connectivity index (χ0v) is 10.7. The molecule has 4 nitrogen and oxygen atoms in total. The third-order valence-corrected chi connectivity index (χ3v) is 2.90. The number of hydrogen-bond donors (Lipinski definition) is 1. The lowest BCUT2D eigenvalue weighted by molar-refractivity contribution is 0.217. The van der Waals surface area contributed by atoms with E-state index in [1.54, 1.807) is 11.1 Å². The Bertz CT molecular complexity index is 549. The number of benzene rings is 1. The smallest absolute Gasteiger partial charge is 0.321 e. The van der Waals surface area contributed by atoms with Crippen LogP contribution in [-0.4, -0.2) is 29.0 Å². The molecule has 0 aliphatic rings. The Kier molecular flexibility index (Phi) is 3.77. The second kappa shape index (κ2) is 5.49. The summed E-state index contributed by atoms with van der Waals surface area (Å²) >= 11 is 0. The van der Waals surface area contributed by atoms with Gasteiger partial charge in [0.1, 0.15) is 0 Å². The van der Waals surface area contributed by atoms with E-state index in [0.717, 1.165) is 16.6 Å². The van der Waals surface area contributed by atoms with Gasteiger partial charge in [0.05, 0.1) is 5.52 Å². The van der Waals surface area contributed by atoms with Crippen molar-refractivity contribution in [1.82, 2.24) is 9.88 Å². The highest BCUT2D eigenvalue weighted by Crippen LogP contribution is 2.17. The van der Waals surface area contributed by atoms with Gasteiger partial charge in [-0.2, -0.15) is 0 Å². The number of nitrogens with one attached hydrogen (secondary N) is 1. The lowest BCUT2D eigenvalue weighted by Crippen LogP contribution is -2.34. The van der Waals surface area contributed by atoms with Crippen molar-refractivity contribution in [1.29, 1.82) is 0 Å². The predicted molar refractivity (Wildman–Crippen MR) is 73.7 cm³/mol. The number of rotatable bonds is 3. The van der Waals surface area contributed by atoms with E-state index in [1.165, 1.54) is 0 Å². The number of anilines is 1. The van der Waals surface area contributed by atoms with E-state index < -0.39 is 0 Å². The molecule has 1 aromatic carbocycles. The fourth-order valence-electron chi connectivity index (χ4n) is 1.87. The monoisotopic (exact) mass is 243 g/mol. The molecule has 0 aliphatic heterocycles. The Morgan fingerprint density at radius 1 is 1.28 bits per heavy atom. The summed E-state index contributed by atoms with van der Waals surface area (Å²) in [5.74, 6) is 0. The minimum Gasteiger partial charge on any atom is -0.325 e. The number of hydrogen-bond acceptors (Lipinski definition) is 2. The topological polar surface area (TPSA) is 45.2 Å². The Morgan fingerprint density at radius 2 is 2.06 bits per heavy atom. The minimum absolute atomic E-state index is 0.0664. The Morgan fingerprint density at radius 3 is 2.78 bits per heavy atom. The third-order valence-electron chi connectivity index (χ3n) is 2.90. The van der Waals surface area contributed by atoms with E-state index in [4.69, 9.17) is 0 Å². The molecule has 0 bridgehead atoms. The van der Waals surface area contributed by atoms with Crippen LogP contribution in [0.3, 0.4) is 0 Å². The summed E-state index contributed by atoms with van der Waals surface area (Å²) in [5.41, 5.74) is 1.73. The van der Waals surface area contributed by atoms with Gasteiger partial charge in [0, 0.05) is 30.4 Å². The first-order valence-corrected chi connectivity index (χ1v) is 6.15. The average molecular weight is 243 g/mol. The van der Waals surface area contributed by atoms with E-state index in [0.29, 0.717) is 13.1 Å². The van der Waals surface area contributed by atoms with Crippen LogP contribution in [0, 0.1) is 0 Å². The van der Waals surface area contributed by atoms with Gasteiger partial charge in [0.25, 0.3) is 0 Å². The van der Waals surface area contributed by atoms with Gasteiger partial charge in [-0.25, -0.2) is 4.79 Å². The zero-order valence-electron chi connectivity index (χ0n) is 10.7. The van der Waals surface area contributed by atoms with Crippen LogP contribution in [0.15, 0.2) is 36.5 Å². The highest BCUT2D eigenvalue weighted by atomic mass is 16.2. The second-order valence-electron chi connectivity index (χ2n) is 4.01. The molecular weight excluding hydrogens is 226 g/mol. The standard InChI is InChI=1S/C14H17N3O/c1-3-17(4-2)14(18)16-12-7-8-13-11(10-12)6-5-9-15-13/h5-10H,3-4H2,1-2H3,(H,16,18). The van der Waals surface area contributed by atoms with E-state index in [1.807, 2.05) is 44.2 Å². The van der Waals surface area contributed by atoms with E-state index >= 15 is 0 Å². The molecule has 0 saturated heterocycles. The number of nitrogens with zero attached hydrogens (tertiary/aromatic N) is 2. The summed E-state index contributed by atoms with van der Waals surface area (Å²) in [6.45, 7) is 5.34. The molecule has 0 atom stereocenters. The number of pyridine rings is 1. The molecule has 4 heteroatoms. The van der Waals surface area contributed by atoms with Crippen LogP contribution in [0.1, 0.15) is 13.8 Å². The molecule has 0 radical (unpaired) electrons. The van der Waals surface area contributed by atoms with Crippen molar-refractivity contribution in [2.75, 3.05) is 18.4 Å². The molecule has 0 fully saturated rings. The summed E-state index contributed by atoms with van der Waals surface area (Å²) in [6, 6.07) is 9.52. The molecule has 1 aromatic heterocycles. The molecule has 1 N–H and O–H groups in total. The molecule has 18 heavy (non-hydrogen) atoms. The number of aromatic nitrogens is 1. The predicted octanol–water partition coefficient (Wildman–Crippen LogP) is 3.11. The molecular formula is C14H17N3O. The molecule has 2 amide bonds. The maximum atomic E-state index is 11.9. The first-order valence-electron chi connectivity index (χ1n) is 6.15. The summed E-state index contributed by atoms with van der Waals surface area (Å²) in [7, 11) is 0. The molecule has 1 heterocycles. The van der Waals surface area contributed by atoms with Gasteiger partial charge in [0.2, 0.25) is 0 Å². The number of fused-ring (bicyclic) bond motifs is 1. The third kappa shape index (κ3) is 2.59. The number of carbonyl (C=O) groups is 1. The summed E-state index contributed by atoms with van der Waals surface area (Å²) in [4.78, 5) is 17.9. The van der Waals surface area contributed by atoms with Crippen LogP contribution in [0.5, 0.6) is 0 Å². The summed E-state index contributed by atoms with van der Waals surface area (Å²) in [5, 5.41) is 3.92. The first kappa shape index (κ1) is 12.4. The molecule has 0 spiro atoms. The normalized spacial score (nSPS) is 10.3. The average Bonchev–Trinajstić information content (AvgIpc) is 2.40. The second-order valence-corrected chi connectivity index (χ2v) is 4.01. The van der Waals surface area contributed by atoms with Crippen LogP contribution >= 0.6 is 0 Å². The lowest BCUT2D eigenvalue weighted by Gasteiger charge is -2.19. The first-order chi connectivity index (χ1) is 8.74. The highest BCUT2D eigenvalue weighted by molar-refractivity contribution is 5.92. The van der Waals surface area contributed by atoms with Gasteiger partial charge >= 0.3 is 6.03 Å². The maximum Gasteiger partial charge on any atom is 0.321 e. The quantitative estimate of drug-likeness (QED) is 0.900. The highest BCUT2D eigenvalue weighted by Gasteiger charge is 2.09. The van der Waals surface area contributed by atoms with Crippen LogP contribution in [0.4, 0.5) is 10.5 Å². The van der Waals surface area contributed by atoms with E-state index in [2.05, 4.69) is 10.3 Å². The number of urea groups is 1. The van der Waals surface area contributed by atoms with Crippen molar-refractivity contribution in [3.8, 4) is 0 Å².